The third kappa shape index (κ3) is 2.56. The number of Topliss-reactive ketones (excluding diaryl/α,β-unsaturated/α-hetero) is 1. The highest BCUT2D eigenvalue weighted by Crippen LogP contribution is 2.19. The van der Waals surface area contributed by atoms with E-state index < -0.39 is 4.87 Å². The normalized spacial score (nSPS) is 11.4. The average molecular weight is 197 g/mol. The van der Waals surface area contributed by atoms with Gasteiger partial charge in [-0.3, -0.25) is 4.79 Å². The molecular weight excluding hydrogens is 184 g/mol. The predicted molar refractivity (Wildman–Crippen MR) is 55.4 cm³/mol. The van der Waals surface area contributed by atoms with Gasteiger partial charge in [0.1, 0.15) is 4.87 Å². The number of aryl methyl sites for hydroxylation is 1. The fraction of sp³-hybridized carbons (Fsp3) is 0.364. The van der Waals surface area contributed by atoms with Crippen LogP contribution in [0.25, 0.3) is 0 Å². The molecule has 13 heavy (non-hydrogen) atoms. The van der Waals surface area contributed by atoms with Gasteiger partial charge in [0, 0.05) is 5.56 Å². The van der Waals surface area contributed by atoms with Gasteiger partial charge in [0.2, 0.25) is 0 Å². The quantitative estimate of drug-likeness (QED) is 0.525. The molecule has 1 aromatic carbocycles. The summed E-state index contributed by atoms with van der Waals surface area (Å²) in [6, 6.07) is 7.44. The number of benzene rings is 1. The summed E-state index contributed by atoms with van der Waals surface area (Å²) in [7, 11) is 0. The van der Waals surface area contributed by atoms with Crippen molar-refractivity contribution >= 4 is 17.4 Å². The number of halogens is 1. The van der Waals surface area contributed by atoms with Gasteiger partial charge in [-0.1, -0.05) is 29.8 Å². The molecule has 1 aromatic rings. The maximum atomic E-state index is 11.6. The standard InChI is InChI=1S/C11H13ClO/c1-8-4-6-9(7-5-8)10(13)11(2,3)12/h4-7H,1-3H3. The zero-order valence-corrected chi connectivity index (χ0v) is 8.85. The van der Waals surface area contributed by atoms with Crippen LogP contribution in [0.5, 0.6) is 0 Å². The number of carbonyl (C=O) groups is 1. The van der Waals surface area contributed by atoms with E-state index >= 15 is 0 Å². The first kappa shape index (κ1) is 10.3. The summed E-state index contributed by atoms with van der Waals surface area (Å²) in [5.41, 5.74) is 1.81. The molecule has 0 aromatic heterocycles. The molecule has 0 bridgehead atoms. The first-order valence-electron chi connectivity index (χ1n) is 4.21. The molecule has 1 rings (SSSR count). The molecule has 0 fully saturated rings. The Morgan fingerprint density at radius 2 is 1.69 bits per heavy atom. The minimum Gasteiger partial charge on any atom is -0.292 e. The van der Waals surface area contributed by atoms with Crippen molar-refractivity contribution in [1.82, 2.24) is 0 Å². The van der Waals surface area contributed by atoms with Crippen molar-refractivity contribution in [2.45, 2.75) is 25.6 Å². The SMILES string of the molecule is Cc1ccc(C(=O)C(C)(C)Cl)cc1. The second-order valence-corrected chi connectivity index (χ2v) is 4.61. The molecule has 0 saturated carbocycles. The van der Waals surface area contributed by atoms with E-state index in [1.54, 1.807) is 13.8 Å². The van der Waals surface area contributed by atoms with Crippen molar-refractivity contribution in [2.24, 2.45) is 0 Å². The van der Waals surface area contributed by atoms with Crippen LogP contribution in [0.3, 0.4) is 0 Å². The monoisotopic (exact) mass is 196 g/mol. The van der Waals surface area contributed by atoms with E-state index in [1.165, 1.54) is 0 Å². The van der Waals surface area contributed by atoms with E-state index in [2.05, 4.69) is 0 Å². The minimum absolute atomic E-state index is 0.0332. The molecule has 0 radical (unpaired) electrons. The lowest BCUT2D eigenvalue weighted by Crippen LogP contribution is -2.24. The number of hydrogen-bond acceptors (Lipinski definition) is 1. The summed E-state index contributed by atoms with van der Waals surface area (Å²) in [5.74, 6) is -0.0332. The van der Waals surface area contributed by atoms with Crippen molar-refractivity contribution in [1.29, 1.82) is 0 Å². The third-order valence-corrected chi connectivity index (χ3v) is 2.03. The molecule has 70 valence electrons. The second-order valence-electron chi connectivity index (χ2n) is 3.67. The topological polar surface area (TPSA) is 17.1 Å². The fourth-order valence-electron chi connectivity index (χ4n) is 1.05. The largest absolute Gasteiger partial charge is 0.292 e. The van der Waals surface area contributed by atoms with Crippen LogP contribution < -0.4 is 0 Å². The molecule has 0 N–H and O–H groups in total. The van der Waals surface area contributed by atoms with E-state index in [0.717, 1.165) is 5.56 Å². The van der Waals surface area contributed by atoms with Gasteiger partial charge in [-0.05, 0) is 20.8 Å². The van der Waals surface area contributed by atoms with Crippen LogP contribution in [0.4, 0.5) is 0 Å². The number of alkyl halides is 1. The van der Waals surface area contributed by atoms with Crippen LogP contribution in [-0.4, -0.2) is 10.7 Å². The first-order valence-corrected chi connectivity index (χ1v) is 4.59. The van der Waals surface area contributed by atoms with Crippen molar-refractivity contribution in [2.75, 3.05) is 0 Å². The van der Waals surface area contributed by atoms with E-state index in [-0.39, 0.29) is 5.78 Å². The molecule has 0 amide bonds. The highest BCUT2D eigenvalue weighted by molar-refractivity contribution is 6.37. The third-order valence-electron chi connectivity index (χ3n) is 1.85. The van der Waals surface area contributed by atoms with E-state index in [1.807, 2.05) is 31.2 Å². The Labute approximate surface area is 83.7 Å². The van der Waals surface area contributed by atoms with Crippen LogP contribution in [0.2, 0.25) is 0 Å². The van der Waals surface area contributed by atoms with Crippen molar-refractivity contribution in [3.63, 3.8) is 0 Å². The highest BCUT2D eigenvalue weighted by atomic mass is 35.5. The van der Waals surface area contributed by atoms with Crippen LogP contribution >= 0.6 is 11.6 Å². The first-order chi connectivity index (χ1) is 5.91. The Morgan fingerprint density at radius 3 is 2.08 bits per heavy atom. The zero-order chi connectivity index (χ0) is 10.1. The Balaban J connectivity index is 2.97. The number of ketones is 1. The molecule has 0 aliphatic carbocycles. The van der Waals surface area contributed by atoms with Crippen molar-refractivity contribution in [3.8, 4) is 0 Å². The Morgan fingerprint density at radius 1 is 1.23 bits per heavy atom. The molecule has 1 nitrogen and oxygen atoms in total. The molecular formula is C11H13ClO. The van der Waals surface area contributed by atoms with Gasteiger partial charge in [-0.25, -0.2) is 0 Å². The lowest BCUT2D eigenvalue weighted by atomic mass is 10.00. The highest BCUT2D eigenvalue weighted by Gasteiger charge is 2.25. The summed E-state index contributed by atoms with van der Waals surface area (Å²) in [6.45, 7) is 5.40. The molecule has 0 aliphatic rings. The summed E-state index contributed by atoms with van der Waals surface area (Å²) >= 11 is 5.91. The molecule has 0 unspecified atom stereocenters. The summed E-state index contributed by atoms with van der Waals surface area (Å²) in [5, 5.41) is 0. The van der Waals surface area contributed by atoms with Gasteiger partial charge in [0.25, 0.3) is 0 Å². The number of hydrogen-bond donors (Lipinski definition) is 0. The Bertz CT molecular complexity index is 306. The van der Waals surface area contributed by atoms with Crippen LogP contribution in [0.15, 0.2) is 24.3 Å². The van der Waals surface area contributed by atoms with E-state index in [9.17, 15) is 4.79 Å². The van der Waals surface area contributed by atoms with Crippen molar-refractivity contribution in [3.05, 3.63) is 35.4 Å². The van der Waals surface area contributed by atoms with Crippen LogP contribution in [-0.2, 0) is 0 Å². The van der Waals surface area contributed by atoms with Crippen LogP contribution in [0.1, 0.15) is 29.8 Å². The molecule has 2 heteroatoms. The zero-order valence-electron chi connectivity index (χ0n) is 8.10. The van der Waals surface area contributed by atoms with Gasteiger partial charge >= 0.3 is 0 Å². The van der Waals surface area contributed by atoms with Crippen LogP contribution in [0, 0.1) is 6.92 Å². The van der Waals surface area contributed by atoms with E-state index in [4.69, 9.17) is 11.6 Å². The second kappa shape index (κ2) is 3.51. The maximum Gasteiger partial charge on any atom is 0.183 e. The Hall–Kier alpha value is -0.820. The van der Waals surface area contributed by atoms with Gasteiger partial charge in [-0.15, -0.1) is 11.6 Å². The number of carbonyl (C=O) groups excluding carboxylic acids is 1. The molecule has 0 saturated heterocycles. The predicted octanol–water partition coefficient (Wildman–Crippen LogP) is 3.20. The summed E-state index contributed by atoms with van der Waals surface area (Å²) in [6.07, 6.45) is 0. The molecule has 0 atom stereocenters. The Kier molecular flexibility index (Phi) is 2.77. The molecule has 0 aliphatic heterocycles. The van der Waals surface area contributed by atoms with E-state index in [0.29, 0.717) is 5.56 Å². The average Bonchev–Trinajstić information content (AvgIpc) is 2.03. The van der Waals surface area contributed by atoms with Gasteiger partial charge < -0.3 is 0 Å². The molecule has 0 heterocycles. The van der Waals surface area contributed by atoms with Crippen molar-refractivity contribution < 1.29 is 4.79 Å². The summed E-state index contributed by atoms with van der Waals surface area (Å²) < 4.78 is 0. The number of rotatable bonds is 2. The fourth-order valence-corrected chi connectivity index (χ4v) is 1.16. The lowest BCUT2D eigenvalue weighted by Gasteiger charge is -2.13. The maximum absolute atomic E-state index is 11.6. The minimum atomic E-state index is -0.810. The van der Waals surface area contributed by atoms with Gasteiger partial charge in [0.05, 0.1) is 0 Å². The van der Waals surface area contributed by atoms with Gasteiger partial charge in [0.15, 0.2) is 5.78 Å². The molecule has 0 spiro atoms. The lowest BCUT2D eigenvalue weighted by molar-refractivity contribution is 0.0954. The summed E-state index contributed by atoms with van der Waals surface area (Å²) in [4.78, 5) is 10.8. The van der Waals surface area contributed by atoms with Gasteiger partial charge in [-0.2, -0.15) is 0 Å². The smallest absolute Gasteiger partial charge is 0.183 e.